The molecule has 0 aliphatic carbocycles. The molecular weight excluding hydrogens is 116 g/mol. The standard InChI is InChI=1S/C6H14N2O/c1-3-6(7,5-9)4-8-2/h9H,2-5,7H2,1H3. The highest BCUT2D eigenvalue weighted by molar-refractivity contribution is 5.23. The Hall–Kier alpha value is -0.410. The van der Waals surface area contributed by atoms with Crippen LogP contribution in [0, 0.1) is 0 Å². The predicted octanol–water partition coefficient (Wildman–Crippen LogP) is -0.213. The molecule has 0 aromatic rings. The van der Waals surface area contributed by atoms with Crippen molar-refractivity contribution in [1.82, 2.24) is 0 Å². The first-order valence-electron chi connectivity index (χ1n) is 3.01. The zero-order valence-electron chi connectivity index (χ0n) is 5.80. The van der Waals surface area contributed by atoms with E-state index in [1.807, 2.05) is 6.92 Å². The van der Waals surface area contributed by atoms with Crippen molar-refractivity contribution in [1.29, 1.82) is 0 Å². The second-order valence-corrected chi connectivity index (χ2v) is 2.26. The molecule has 0 aliphatic rings. The molecule has 0 aliphatic heterocycles. The van der Waals surface area contributed by atoms with E-state index in [1.54, 1.807) is 0 Å². The number of aliphatic hydroxyl groups is 1. The average Bonchev–Trinajstić information content (AvgIpc) is 1.89. The van der Waals surface area contributed by atoms with Gasteiger partial charge >= 0.3 is 0 Å². The molecule has 0 fully saturated rings. The molecule has 0 heterocycles. The van der Waals surface area contributed by atoms with Crippen molar-refractivity contribution >= 4 is 6.72 Å². The number of nitrogens with zero attached hydrogens (tertiary/aromatic N) is 1. The number of rotatable bonds is 4. The number of hydrogen-bond acceptors (Lipinski definition) is 3. The van der Waals surface area contributed by atoms with E-state index in [9.17, 15) is 0 Å². The van der Waals surface area contributed by atoms with E-state index in [0.29, 0.717) is 6.54 Å². The van der Waals surface area contributed by atoms with Crippen molar-refractivity contribution in [2.24, 2.45) is 10.7 Å². The van der Waals surface area contributed by atoms with E-state index in [2.05, 4.69) is 11.7 Å². The van der Waals surface area contributed by atoms with Gasteiger partial charge in [-0.3, -0.25) is 4.99 Å². The lowest BCUT2D eigenvalue weighted by Gasteiger charge is -2.22. The van der Waals surface area contributed by atoms with Crippen LogP contribution in [0.25, 0.3) is 0 Å². The van der Waals surface area contributed by atoms with Gasteiger partial charge in [0.1, 0.15) is 0 Å². The highest BCUT2D eigenvalue weighted by atomic mass is 16.3. The summed E-state index contributed by atoms with van der Waals surface area (Å²) < 4.78 is 0. The first kappa shape index (κ1) is 8.59. The Balaban J connectivity index is 3.75. The maximum atomic E-state index is 8.70. The van der Waals surface area contributed by atoms with Gasteiger partial charge in [0.05, 0.1) is 18.7 Å². The van der Waals surface area contributed by atoms with Crippen molar-refractivity contribution in [2.45, 2.75) is 18.9 Å². The summed E-state index contributed by atoms with van der Waals surface area (Å²) in [5.41, 5.74) is 5.08. The van der Waals surface area contributed by atoms with Crippen molar-refractivity contribution in [3.05, 3.63) is 0 Å². The maximum absolute atomic E-state index is 8.70. The maximum Gasteiger partial charge on any atom is 0.0629 e. The fourth-order valence-electron chi connectivity index (χ4n) is 0.496. The van der Waals surface area contributed by atoms with Crippen LogP contribution in [-0.2, 0) is 0 Å². The smallest absolute Gasteiger partial charge is 0.0629 e. The van der Waals surface area contributed by atoms with Crippen LogP contribution in [-0.4, -0.2) is 30.5 Å². The van der Waals surface area contributed by atoms with Gasteiger partial charge in [0.15, 0.2) is 0 Å². The number of aliphatic hydroxyl groups excluding tert-OH is 1. The van der Waals surface area contributed by atoms with Gasteiger partial charge < -0.3 is 10.8 Å². The van der Waals surface area contributed by atoms with Gasteiger partial charge in [0, 0.05) is 0 Å². The quantitative estimate of drug-likeness (QED) is 0.517. The summed E-state index contributed by atoms with van der Waals surface area (Å²) in [4.78, 5) is 3.61. The zero-order valence-corrected chi connectivity index (χ0v) is 5.80. The van der Waals surface area contributed by atoms with Crippen molar-refractivity contribution in [2.75, 3.05) is 13.2 Å². The fourth-order valence-corrected chi connectivity index (χ4v) is 0.496. The van der Waals surface area contributed by atoms with Gasteiger partial charge in [-0.15, -0.1) is 0 Å². The summed E-state index contributed by atoms with van der Waals surface area (Å²) in [5, 5.41) is 8.70. The Morgan fingerprint density at radius 3 is 2.44 bits per heavy atom. The SMILES string of the molecule is C=NCC(N)(CC)CO. The lowest BCUT2D eigenvalue weighted by atomic mass is 9.99. The highest BCUT2D eigenvalue weighted by Gasteiger charge is 2.19. The van der Waals surface area contributed by atoms with Crippen LogP contribution in [0.15, 0.2) is 4.99 Å². The highest BCUT2D eigenvalue weighted by Crippen LogP contribution is 2.03. The molecule has 0 aromatic carbocycles. The molecule has 54 valence electrons. The second-order valence-electron chi connectivity index (χ2n) is 2.26. The van der Waals surface area contributed by atoms with Crippen LogP contribution in [0.5, 0.6) is 0 Å². The number of nitrogens with two attached hydrogens (primary N) is 1. The average molecular weight is 130 g/mol. The normalized spacial score (nSPS) is 16.8. The minimum absolute atomic E-state index is 0.0253. The van der Waals surface area contributed by atoms with Gasteiger partial charge in [0.2, 0.25) is 0 Å². The molecule has 0 spiro atoms. The molecule has 3 nitrogen and oxygen atoms in total. The predicted molar refractivity (Wildman–Crippen MR) is 38.7 cm³/mol. The van der Waals surface area contributed by atoms with Crippen LogP contribution in [0.3, 0.4) is 0 Å². The number of aliphatic imine (C=N–C) groups is 1. The van der Waals surface area contributed by atoms with E-state index in [0.717, 1.165) is 6.42 Å². The fraction of sp³-hybridized carbons (Fsp3) is 0.833. The zero-order chi connectivity index (χ0) is 7.33. The van der Waals surface area contributed by atoms with Crippen molar-refractivity contribution in [3.8, 4) is 0 Å². The molecule has 3 heteroatoms. The molecule has 0 saturated heterocycles. The Morgan fingerprint density at radius 1 is 1.78 bits per heavy atom. The van der Waals surface area contributed by atoms with E-state index < -0.39 is 5.54 Å². The Bertz CT molecular complexity index is 89.1. The van der Waals surface area contributed by atoms with E-state index in [1.165, 1.54) is 0 Å². The Kier molecular flexibility index (Phi) is 3.42. The van der Waals surface area contributed by atoms with Gasteiger partial charge in [-0.2, -0.15) is 0 Å². The van der Waals surface area contributed by atoms with Gasteiger partial charge in [-0.1, -0.05) is 6.92 Å². The summed E-state index contributed by atoms with van der Waals surface area (Å²) >= 11 is 0. The Morgan fingerprint density at radius 2 is 2.33 bits per heavy atom. The molecule has 1 unspecified atom stereocenters. The summed E-state index contributed by atoms with van der Waals surface area (Å²) in [7, 11) is 0. The number of hydrogen-bond donors (Lipinski definition) is 2. The lowest BCUT2D eigenvalue weighted by Crippen LogP contribution is -2.45. The summed E-state index contributed by atoms with van der Waals surface area (Å²) in [6.45, 7) is 5.62. The van der Waals surface area contributed by atoms with E-state index >= 15 is 0 Å². The molecule has 9 heavy (non-hydrogen) atoms. The summed E-state index contributed by atoms with van der Waals surface area (Å²) in [5.74, 6) is 0. The molecule has 0 saturated carbocycles. The van der Waals surface area contributed by atoms with Crippen LogP contribution in [0.4, 0.5) is 0 Å². The molecule has 0 rings (SSSR count). The van der Waals surface area contributed by atoms with Gasteiger partial charge in [-0.25, -0.2) is 0 Å². The molecule has 0 aromatic heterocycles. The molecule has 1 atom stereocenters. The van der Waals surface area contributed by atoms with Crippen LogP contribution in [0.2, 0.25) is 0 Å². The third kappa shape index (κ3) is 2.58. The molecule has 0 radical (unpaired) electrons. The van der Waals surface area contributed by atoms with Crippen LogP contribution in [0.1, 0.15) is 13.3 Å². The van der Waals surface area contributed by atoms with E-state index in [-0.39, 0.29) is 6.61 Å². The van der Waals surface area contributed by atoms with Gasteiger partial charge in [0.25, 0.3) is 0 Å². The molecule has 0 amide bonds. The molecule has 0 bridgehead atoms. The third-order valence-corrected chi connectivity index (χ3v) is 1.45. The second kappa shape index (κ2) is 3.58. The van der Waals surface area contributed by atoms with Crippen molar-refractivity contribution in [3.63, 3.8) is 0 Å². The first-order chi connectivity index (χ1) is 4.18. The third-order valence-electron chi connectivity index (χ3n) is 1.45. The lowest BCUT2D eigenvalue weighted by molar-refractivity contribution is 0.197. The molecular formula is C6H14N2O. The van der Waals surface area contributed by atoms with E-state index in [4.69, 9.17) is 10.8 Å². The summed E-state index contributed by atoms with van der Waals surface area (Å²) in [6.07, 6.45) is 0.725. The Labute approximate surface area is 55.6 Å². The monoisotopic (exact) mass is 130 g/mol. The first-order valence-corrected chi connectivity index (χ1v) is 3.01. The largest absolute Gasteiger partial charge is 0.394 e. The van der Waals surface area contributed by atoms with Crippen LogP contribution < -0.4 is 5.73 Å². The minimum atomic E-state index is -0.540. The summed E-state index contributed by atoms with van der Waals surface area (Å²) in [6, 6.07) is 0. The molecule has 3 N–H and O–H groups in total. The minimum Gasteiger partial charge on any atom is -0.394 e. The van der Waals surface area contributed by atoms with Gasteiger partial charge in [-0.05, 0) is 13.1 Å². The van der Waals surface area contributed by atoms with Crippen LogP contribution >= 0.6 is 0 Å². The topological polar surface area (TPSA) is 58.6 Å². The van der Waals surface area contributed by atoms with Crippen molar-refractivity contribution < 1.29 is 5.11 Å².